The van der Waals surface area contributed by atoms with Crippen molar-refractivity contribution in [2.75, 3.05) is 0 Å². The normalized spacial score (nSPS) is 16.8. The maximum atomic E-state index is 12.7. The van der Waals surface area contributed by atoms with Crippen molar-refractivity contribution >= 4 is 0 Å². The second-order valence-electron chi connectivity index (χ2n) is 3.02. The molecule has 1 aliphatic carbocycles. The number of phenols is 1. The summed E-state index contributed by atoms with van der Waals surface area (Å²) in [5.74, 6) is 0.190. The highest BCUT2D eigenvalue weighted by atomic mass is 19.1. The van der Waals surface area contributed by atoms with Gasteiger partial charge in [0, 0.05) is 6.07 Å². The van der Waals surface area contributed by atoms with Gasteiger partial charge in [0.1, 0.15) is 11.6 Å². The maximum absolute atomic E-state index is 12.7. The van der Waals surface area contributed by atoms with E-state index in [1.165, 1.54) is 6.07 Å². The first-order chi connectivity index (χ1) is 5.25. The molecule has 0 atom stereocenters. The van der Waals surface area contributed by atoms with Crippen LogP contribution >= 0.6 is 0 Å². The van der Waals surface area contributed by atoms with Crippen LogP contribution in [0.1, 0.15) is 24.3 Å². The first-order valence-electron chi connectivity index (χ1n) is 3.75. The monoisotopic (exact) mass is 152 g/mol. The molecule has 0 aliphatic heterocycles. The standard InChI is InChI=1S/C9H9FO/c10-8-3-7(6-1-2-6)4-9(11)5-8/h3-6,11H,1-2H2. The molecule has 1 aromatic rings. The third-order valence-electron chi connectivity index (χ3n) is 1.95. The largest absolute Gasteiger partial charge is 0.508 e. The van der Waals surface area contributed by atoms with Gasteiger partial charge >= 0.3 is 0 Å². The molecule has 0 unspecified atom stereocenters. The zero-order valence-corrected chi connectivity index (χ0v) is 6.05. The summed E-state index contributed by atoms with van der Waals surface area (Å²) in [4.78, 5) is 0. The molecule has 11 heavy (non-hydrogen) atoms. The van der Waals surface area contributed by atoms with E-state index in [0.717, 1.165) is 24.5 Å². The first-order valence-corrected chi connectivity index (χ1v) is 3.75. The number of hydrogen-bond acceptors (Lipinski definition) is 1. The van der Waals surface area contributed by atoms with Gasteiger partial charge in [-0.3, -0.25) is 0 Å². The van der Waals surface area contributed by atoms with E-state index < -0.39 is 0 Å². The van der Waals surface area contributed by atoms with Crippen LogP contribution in [0.15, 0.2) is 18.2 Å². The van der Waals surface area contributed by atoms with E-state index in [0.29, 0.717) is 5.92 Å². The van der Waals surface area contributed by atoms with E-state index >= 15 is 0 Å². The predicted molar refractivity (Wildman–Crippen MR) is 40.0 cm³/mol. The topological polar surface area (TPSA) is 20.2 Å². The molecule has 0 aromatic heterocycles. The SMILES string of the molecule is Oc1cc(F)cc(C2CC2)c1. The van der Waals surface area contributed by atoms with Crippen LogP contribution in [0, 0.1) is 5.82 Å². The molecule has 2 heteroatoms. The summed E-state index contributed by atoms with van der Waals surface area (Å²) in [6.07, 6.45) is 2.26. The lowest BCUT2D eigenvalue weighted by Gasteiger charge is -1.98. The summed E-state index contributed by atoms with van der Waals surface area (Å²) >= 11 is 0. The van der Waals surface area contributed by atoms with Gasteiger partial charge in [-0.15, -0.1) is 0 Å². The summed E-state index contributed by atoms with van der Waals surface area (Å²) in [6, 6.07) is 4.27. The lowest BCUT2D eigenvalue weighted by Crippen LogP contribution is -1.81. The zero-order chi connectivity index (χ0) is 7.84. The number of rotatable bonds is 1. The zero-order valence-electron chi connectivity index (χ0n) is 6.05. The highest BCUT2D eigenvalue weighted by molar-refractivity contribution is 5.32. The fourth-order valence-electron chi connectivity index (χ4n) is 1.25. The van der Waals surface area contributed by atoms with Gasteiger partial charge < -0.3 is 5.11 Å². The third-order valence-corrected chi connectivity index (χ3v) is 1.95. The summed E-state index contributed by atoms with van der Waals surface area (Å²) in [6.45, 7) is 0. The van der Waals surface area contributed by atoms with Gasteiger partial charge in [0.2, 0.25) is 0 Å². The van der Waals surface area contributed by atoms with E-state index in [1.54, 1.807) is 6.07 Å². The summed E-state index contributed by atoms with van der Waals surface area (Å²) in [5, 5.41) is 9.03. The molecule has 1 N–H and O–H groups in total. The van der Waals surface area contributed by atoms with Crippen molar-refractivity contribution in [2.45, 2.75) is 18.8 Å². The van der Waals surface area contributed by atoms with Crippen molar-refractivity contribution in [1.82, 2.24) is 0 Å². The van der Waals surface area contributed by atoms with Crippen molar-refractivity contribution < 1.29 is 9.50 Å². The Morgan fingerprint density at radius 1 is 1.27 bits per heavy atom. The molecule has 1 aliphatic rings. The van der Waals surface area contributed by atoms with Gasteiger partial charge in [-0.05, 0) is 36.5 Å². The minimum absolute atomic E-state index is 0.0342. The molecule has 0 spiro atoms. The van der Waals surface area contributed by atoms with Crippen LogP contribution in [0.2, 0.25) is 0 Å². The molecular weight excluding hydrogens is 143 g/mol. The van der Waals surface area contributed by atoms with Crippen LogP contribution in [0.3, 0.4) is 0 Å². The molecule has 1 aromatic carbocycles. The smallest absolute Gasteiger partial charge is 0.127 e. The summed E-state index contributed by atoms with van der Waals surface area (Å²) < 4.78 is 12.7. The fourth-order valence-corrected chi connectivity index (χ4v) is 1.25. The van der Waals surface area contributed by atoms with Crippen molar-refractivity contribution in [2.24, 2.45) is 0 Å². The number of benzene rings is 1. The van der Waals surface area contributed by atoms with Gasteiger partial charge in [-0.1, -0.05) is 0 Å². The Hall–Kier alpha value is -1.05. The molecule has 0 amide bonds. The molecular formula is C9H9FO. The van der Waals surface area contributed by atoms with Crippen LogP contribution in [0.5, 0.6) is 5.75 Å². The molecule has 58 valence electrons. The molecule has 0 heterocycles. The van der Waals surface area contributed by atoms with Crippen molar-refractivity contribution in [3.63, 3.8) is 0 Å². The van der Waals surface area contributed by atoms with Crippen LogP contribution in [0.25, 0.3) is 0 Å². The van der Waals surface area contributed by atoms with E-state index in [4.69, 9.17) is 5.11 Å². The van der Waals surface area contributed by atoms with Crippen LogP contribution < -0.4 is 0 Å². The fraction of sp³-hybridized carbons (Fsp3) is 0.333. The van der Waals surface area contributed by atoms with Crippen molar-refractivity contribution in [1.29, 1.82) is 0 Å². The Morgan fingerprint density at radius 3 is 2.55 bits per heavy atom. The second kappa shape index (κ2) is 2.22. The van der Waals surface area contributed by atoms with Gasteiger partial charge in [0.25, 0.3) is 0 Å². The number of aromatic hydroxyl groups is 1. The highest BCUT2D eigenvalue weighted by Crippen LogP contribution is 2.41. The summed E-state index contributed by atoms with van der Waals surface area (Å²) in [5.41, 5.74) is 0.933. The minimum atomic E-state index is -0.341. The lowest BCUT2D eigenvalue weighted by atomic mass is 10.1. The number of halogens is 1. The van der Waals surface area contributed by atoms with Crippen LogP contribution in [-0.2, 0) is 0 Å². The first kappa shape index (κ1) is 6.65. The Morgan fingerprint density at radius 2 is 2.00 bits per heavy atom. The maximum Gasteiger partial charge on any atom is 0.127 e. The van der Waals surface area contributed by atoms with E-state index in [9.17, 15) is 4.39 Å². The Balaban J connectivity index is 2.39. The average molecular weight is 152 g/mol. The molecule has 1 saturated carbocycles. The number of phenolic OH excluding ortho intramolecular Hbond substituents is 1. The van der Waals surface area contributed by atoms with Crippen LogP contribution in [0.4, 0.5) is 4.39 Å². The molecule has 1 nitrogen and oxygen atoms in total. The number of hydrogen-bond donors (Lipinski definition) is 1. The predicted octanol–water partition coefficient (Wildman–Crippen LogP) is 2.41. The van der Waals surface area contributed by atoms with E-state index in [-0.39, 0.29) is 11.6 Å². The van der Waals surface area contributed by atoms with E-state index in [2.05, 4.69) is 0 Å². The Bertz CT molecular complexity index is 259. The Kier molecular flexibility index (Phi) is 1.34. The average Bonchev–Trinajstić information content (AvgIpc) is 2.64. The quantitative estimate of drug-likeness (QED) is 0.655. The second-order valence-corrected chi connectivity index (χ2v) is 3.02. The van der Waals surface area contributed by atoms with E-state index in [1.807, 2.05) is 0 Å². The Labute approximate surface area is 64.5 Å². The van der Waals surface area contributed by atoms with Crippen molar-refractivity contribution in [3.05, 3.63) is 29.6 Å². The van der Waals surface area contributed by atoms with Gasteiger partial charge in [0.05, 0.1) is 0 Å². The van der Waals surface area contributed by atoms with Crippen molar-refractivity contribution in [3.8, 4) is 5.75 Å². The molecule has 0 saturated heterocycles. The minimum Gasteiger partial charge on any atom is -0.508 e. The summed E-state index contributed by atoms with van der Waals surface area (Å²) in [7, 11) is 0. The molecule has 1 fully saturated rings. The third kappa shape index (κ3) is 1.34. The molecule has 0 bridgehead atoms. The van der Waals surface area contributed by atoms with Gasteiger partial charge in [-0.25, -0.2) is 4.39 Å². The van der Waals surface area contributed by atoms with Crippen LogP contribution in [-0.4, -0.2) is 5.11 Å². The molecule has 2 rings (SSSR count). The van der Waals surface area contributed by atoms with Gasteiger partial charge in [-0.2, -0.15) is 0 Å². The molecule has 0 radical (unpaired) electrons. The lowest BCUT2D eigenvalue weighted by molar-refractivity contribution is 0.468. The van der Waals surface area contributed by atoms with Gasteiger partial charge in [0.15, 0.2) is 0 Å². The highest BCUT2D eigenvalue weighted by Gasteiger charge is 2.24.